The van der Waals surface area contributed by atoms with Gasteiger partial charge in [-0.3, -0.25) is 0 Å². The van der Waals surface area contributed by atoms with E-state index in [1.54, 1.807) is 31.3 Å². The first-order valence-electron chi connectivity index (χ1n) is 6.39. The molecule has 1 rings (SSSR count). The van der Waals surface area contributed by atoms with Crippen LogP contribution in [0.1, 0.15) is 26.3 Å². The molecule has 0 aromatic heterocycles. The highest BCUT2D eigenvalue weighted by Crippen LogP contribution is 2.13. The van der Waals surface area contributed by atoms with Gasteiger partial charge in [-0.15, -0.1) is 0 Å². The molecule has 0 radical (unpaired) electrons. The molecule has 1 aromatic rings. The molecule has 0 aliphatic carbocycles. The molecule has 0 aliphatic rings. The summed E-state index contributed by atoms with van der Waals surface area (Å²) >= 11 is 0. The lowest BCUT2D eigenvalue weighted by Crippen LogP contribution is -2.36. The lowest BCUT2D eigenvalue weighted by atomic mass is 10.2. The van der Waals surface area contributed by atoms with Crippen molar-refractivity contribution in [3.8, 4) is 11.8 Å². The molecule has 5 nitrogen and oxygen atoms in total. The molecule has 1 amide bonds. The molecule has 20 heavy (non-hydrogen) atoms. The molecule has 5 heteroatoms. The standard InChI is InChI=1S/C15H20N2O3/c1-15(2,3)20-14(18)17(4)8-9-19-13-7-5-6-12(10-13)11-16/h5-7,10H,8-9H2,1-4H3. The summed E-state index contributed by atoms with van der Waals surface area (Å²) in [5.74, 6) is 0.613. The zero-order chi connectivity index (χ0) is 15.2. The summed E-state index contributed by atoms with van der Waals surface area (Å²) < 4.78 is 10.7. The van der Waals surface area contributed by atoms with Gasteiger partial charge in [-0.1, -0.05) is 6.07 Å². The molecule has 0 fully saturated rings. The largest absolute Gasteiger partial charge is 0.492 e. The van der Waals surface area contributed by atoms with Crippen LogP contribution < -0.4 is 4.74 Å². The molecule has 108 valence electrons. The van der Waals surface area contributed by atoms with Crippen LogP contribution in [0.2, 0.25) is 0 Å². The molecule has 0 atom stereocenters. The van der Waals surface area contributed by atoms with Crippen LogP contribution in [-0.2, 0) is 4.74 Å². The number of hydrogen-bond acceptors (Lipinski definition) is 4. The quantitative estimate of drug-likeness (QED) is 0.848. The van der Waals surface area contributed by atoms with E-state index in [-0.39, 0.29) is 6.09 Å². The molecule has 0 spiro atoms. The Labute approximate surface area is 119 Å². The summed E-state index contributed by atoms with van der Waals surface area (Å²) in [6.07, 6.45) is -0.383. The van der Waals surface area contributed by atoms with Gasteiger partial charge >= 0.3 is 6.09 Å². The van der Waals surface area contributed by atoms with Gasteiger partial charge in [0.25, 0.3) is 0 Å². The third-order valence-corrected chi connectivity index (χ3v) is 2.36. The second kappa shape index (κ2) is 6.80. The van der Waals surface area contributed by atoms with Gasteiger partial charge in [-0.05, 0) is 39.0 Å². The van der Waals surface area contributed by atoms with Gasteiger partial charge < -0.3 is 14.4 Å². The highest BCUT2D eigenvalue weighted by Gasteiger charge is 2.19. The summed E-state index contributed by atoms with van der Waals surface area (Å²) in [5.41, 5.74) is 0.0378. The van der Waals surface area contributed by atoms with Crippen LogP contribution in [0, 0.1) is 11.3 Å². The van der Waals surface area contributed by atoms with E-state index < -0.39 is 5.60 Å². The zero-order valence-corrected chi connectivity index (χ0v) is 12.3. The normalized spacial score (nSPS) is 10.6. The SMILES string of the molecule is CN(CCOc1cccc(C#N)c1)C(=O)OC(C)(C)C. The third kappa shape index (κ3) is 5.61. The molecule has 0 saturated carbocycles. The van der Waals surface area contributed by atoms with Crippen LogP contribution in [0.25, 0.3) is 0 Å². The maximum Gasteiger partial charge on any atom is 0.410 e. The van der Waals surface area contributed by atoms with Crippen LogP contribution in [0.5, 0.6) is 5.75 Å². The maximum absolute atomic E-state index is 11.7. The molecule has 0 aliphatic heterocycles. The van der Waals surface area contributed by atoms with E-state index in [9.17, 15) is 4.79 Å². The summed E-state index contributed by atoms with van der Waals surface area (Å²) in [6.45, 7) is 6.21. The van der Waals surface area contributed by atoms with E-state index in [1.165, 1.54) is 4.90 Å². The Bertz CT molecular complexity index is 501. The first-order chi connectivity index (χ1) is 9.31. The number of nitriles is 1. The van der Waals surface area contributed by atoms with E-state index in [0.29, 0.717) is 24.5 Å². The Kier molecular flexibility index (Phi) is 5.39. The molecular weight excluding hydrogens is 256 g/mol. The molecule has 0 unspecified atom stereocenters. The van der Waals surface area contributed by atoms with Gasteiger partial charge in [0.15, 0.2) is 0 Å². The maximum atomic E-state index is 11.7. The summed E-state index contributed by atoms with van der Waals surface area (Å²) in [5, 5.41) is 8.78. The summed E-state index contributed by atoms with van der Waals surface area (Å²) in [6, 6.07) is 8.94. The molecule has 0 heterocycles. The number of carbonyl (C=O) groups is 1. The molecular formula is C15H20N2O3. The second-order valence-corrected chi connectivity index (χ2v) is 5.39. The van der Waals surface area contributed by atoms with Gasteiger partial charge in [0, 0.05) is 7.05 Å². The van der Waals surface area contributed by atoms with Crippen molar-refractivity contribution in [2.75, 3.05) is 20.2 Å². The van der Waals surface area contributed by atoms with E-state index in [4.69, 9.17) is 14.7 Å². The van der Waals surface area contributed by atoms with E-state index in [1.807, 2.05) is 26.8 Å². The summed E-state index contributed by atoms with van der Waals surface area (Å²) in [7, 11) is 1.66. The first kappa shape index (κ1) is 15.8. The minimum Gasteiger partial charge on any atom is -0.492 e. The number of ether oxygens (including phenoxy) is 2. The highest BCUT2D eigenvalue weighted by atomic mass is 16.6. The number of nitrogens with zero attached hydrogens (tertiary/aromatic N) is 2. The number of rotatable bonds is 4. The fourth-order valence-corrected chi connectivity index (χ4v) is 1.39. The fraction of sp³-hybridized carbons (Fsp3) is 0.467. The average molecular weight is 276 g/mol. The van der Waals surface area contributed by atoms with E-state index in [0.717, 1.165) is 0 Å². The van der Waals surface area contributed by atoms with Gasteiger partial charge in [0.1, 0.15) is 18.0 Å². The zero-order valence-electron chi connectivity index (χ0n) is 12.3. The van der Waals surface area contributed by atoms with Crippen molar-refractivity contribution in [3.63, 3.8) is 0 Å². The minimum atomic E-state index is -0.507. The Morgan fingerprint density at radius 3 is 2.70 bits per heavy atom. The van der Waals surface area contributed by atoms with Crippen molar-refractivity contribution in [2.45, 2.75) is 26.4 Å². The molecule has 0 bridgehead atoms. The third-order valence-electron chi connectivity index (χ3n) is 2.36. The van der Waals surface area contributed by atoms with Crippen molar-refractivity contribution < 1.29 is 14.3 Å². The Balaban J connectivity index is 2.40. The van der Waals surface area contributed by atoms with Crippen molar-refractivity contribution >= 4 is 6.09 Å². The predicted molar refractivity (Wildman–Crippen MR) is 75.5 cm³/mol. The monoisotopic (exact) mass is 276 g/mol. The van der Waals surface area contributed by atoms with Crippen LogP contribution >= 0.6 is 0 Å². The summed E-state index contributed by atoms with van der Waals surface area (Å²) in [4.78, 5) is 13.2. The number of amides is 1. The Morgan fingerprint density at radius 1 is 1.40 bits per heavy atom. The van der Waals surface area contributed by atoms with Gasteiger partial charge in [-0.25, -0.2) is 4.79 Å². The van der Waals surface area contributed by atoms with Crippen LogP contribution in [0.3, 0.4) is 0 Å². The molecule has 1 aromatic carbocycles. The number of benzene rings is 1. The van der Waals surface area contributed by atoms with Crippen LogP contribution in [0.15, 0.2) is 24.3 Å². The van der Waals surface area contributed by atoms with Crippen molar-refractivity contribution in [2.24, 2.45) is 0 Å². The number of hydrogen-bond donors (Lipinski definition) is 0. The lowest BCUT2D eigenvalue weighted by Gasteiger charge is -2.24. The second-order valence-electron chi connectivity index (χ2n) is 5.39. The van der Waals surface area contributed by atoms with Crippen molar-refractivity contribution in [1.82, 2.24) is 4.90 Å². The van der Waals surface area contributed by atoms with Crippen molar-refractivity contribution in [1.29, 1.82) is 5.26 Å². The van der Waals surface area contributed by atoms with Gasteiger partial charge in [0.05, 0.1) is 18.2 Å². The fourth-order valence-electron chi connectivity index (χ4n) is 1.39. The lowest BCUT2D eigenvalue weighted by molar-refractivity contribution is 0.0278. The molecule has 0 N–H and O–H groups in total. The van der Waals surface area contributed by atoms with Crippen LogP contribution in [-0.4, -0.2) is 36.8 Å². The Morgan fingerprint density at radius 2 is 2.10 bits per heavy atom. The average Bonchev–Trinajstić information content (AvgIpc) is 2.37. The minimum absolute atomic E-state index is 0.338. The molecule has 0 saturated heterocycles. The van der Waals surface area contributed by atoms with Gasteiger partial charge in [0.2, 0.25) is 0 Å². The first-order valence-corrected chi connectivity index (χ1v) is 6.39. The van der Waals surface area contributed by atoms with Crippen molar-refractivity contribution in [3.05, 3.63) is 29.8 Å². The van der Waals surface area contributed by atoms with E-state index in [2.05, 4.69) is 0 Å². The number of carbonyl (C=O) groups excluding carboxylic acids is 1. The van der Waals surface area contributed by atoms with Gasteiger partial charge in [-0.2, -0.15) is 5.26 Å². The Hall–Kier alpha value is -2.22. The predicted octanol–water partition coefficient (Wildman–Crippen LogP) is 2.80. The smallest absolute Gasteiger partial charge is 0.410 e. The highest BCUT2D eigenvalue weighted by molar-refractivity contribution is 5.67. The topological polar surface area (TPSA) is 62.6 Å². The van der Waals surface area contributed by atoms with E-state index >= 15 is 0 Å². The van der Waals surface area contributed by atoms with Crippen LogP contribution in [0.4, 0.5) is 4.79 Å². The number of likely N-dealkylation sites (N-methyl/N-ethyl adjacent to an activating group) is 1.